The van der Waals surface area contributed by atoms with E-state index in [-0.39, 0.29) is 17.3 Å². The Morgan fingerprint density at radius 3 is 1.86 bits per heavy atom. The van der Waals surface area contributed by atoms with Crippen LogP contribution in [0, 0.1) is 5.92 Å². The summed E-state index contributed by atoms with van der Waals surface area (Å²) in [5.41, 5.74) is 11.5. The van der Waals surface area contributed by atoms with Crippen LogP contribution >= 0.6 is 0 Å². The third-order valence-corrected chi connectivity index (χ3v) is 5.71. The van der Waals surface area contributed by atoms with Crippen molar-refractivity contribution in [3.8, 4) is 5.75 Å². The van der Waals surface area contributed by atoms with Crippen LogP contribution in [-0.2, 0) is 35.3 Å². The highest BCUT2D eigenvalue weighted by molar-refractivity contribution is 5.92. The number of ketones is 1. The summed E-state index contributed by atoms with van der Waals surface area (Å²) >= 11 is 0. The molecule has 17 heteroatoms. The van der Waals surface area contributed by atoms with E-state index in [2.05, 4.69) is 4.99 Å². The topological polar surface area (TPSA) is 287 Å². The summed E-state index contributed by atoms with van der Waals surface area (Å²) in [7, 11) is 0. The Balaban J connectivity index is 2.10. The summed E-state index contributed by atoms with van der Waals surface area (Å²) < 4.78 is 10.4. The molecule has 0 fully saturated rings. The summed E-state index contributed by atoms with van der Waals surface area (Å²) in [6.07, 6.45) is -4.31. The number of Topliss-reactive ketones (excluding diaryl/α,β-unsaturated/α-hetero) is 1. The minimum Gasteiger partial charge on any atom is -0.481 e. The van der Waals surface area contributed by atoms with Crippen molar-refractivity contribution in [2.24, 2.45) is 22.4 Å². The SMILES string of the molecule is NC(N)=Nc1ccc(C(=O)Oc2ccc(COC(=O)N(CC(=O)C[C@@H](CC(=O)O)C(=O)O)[C@@H](CC(=O)O)C(=O)O)cc2)cc1. The number of guanidine groups is 1. The molecule has 0 unspecified atom stereocenters. The molecule has 0 saturated carbocycles. The van der Waals surface area contributed by atoms with Gasteiger partial charge in [-0.1, -0.05) is 12.1 Å². The fraction of sp³-hybridized carbons (Fsp3) is 0.259. The highest BCUT2D eigenvalue weighted by Crippen LogP contribution is 2.19. The van der Waals surface area contributed by atoms with E-state index in [1.165, 1.54) is 48.5 Å². The first-order valence-corrected chi connectivity index (χ1v) is 12.5. The van der Waals surface area contributed by atoms with Crippen molar-refractivity contribution >= 4 is 53.4 Å². The van der Waals surface area contributed by atoms with Gasteiger partial charge in [0.2, 0.25) is 0 Å². The fourth-order valence-corrected chi connectivity index (χ4v) is 3.65. The molecule has 234 valence electrons. The van der Waals surface area contributed by atoms with Gasteiger partial charge in [0.15, 0.2) is 11.7 Å². The van der Waals surface area contributed by atoms with Gasteiger partial charge in [0, 0.05) is 6.42 Å². The minimum atomic E-state index is -2.07. The second kappa shape index (κ2) is 15.9. The molecule has 0 aromatic heterocycles. The van der Waals surface area contributed by atoms with Crippen LogP contribution in [0.3, 0.4) is 0 Å². The zero-order chi connectivity index (χ0) is 33.0. The lowest BCUT2D eigenvalue weighted by atomic mass is 9.98. The van der Waals surface area contributed by atoms with E-state index in [1.54, 1.807) is 0 Å². The number of esters is 1. The molecule has 8 N–H and O–H groups in total. The van der Waals surface area contributed by atoms with Crippen molar-refractivity contribution in [3.63, 3.8) is 0 Å². The van der Waals surface area contributed by atoms with Crippen LogP contribution in [0.1, 0.15) is 35.2 Å². The van der Waals surface area contributed by atoms with Crippen molar-refractivity contribution in [2.45, 2.75) is 31.9 Å². The number of carbonyl (C=O) groups is 7. The first kappa shape index (κ1) is 34.2. The summed E-state index contributed by atoms with van der Waals surface area (Å²) in [6, 6.07) is 9.36. The van der Waals surface area contributed by atoms with Gasteiger partial charge in [-0.3, -0.25) is 24.1 Å². The lowest BCUT2D eigenvalue weighted by Gasteiger charge is -2.27. The van der Waals surface area contributed by atoms with Gasteiger partial charge in [-0.05, 0) is 42.0 Å². The van der Waals surface area contributed by atoms with Crippen LogP contribution in [0.2, 0.25) is 0 Å². The van der Waals surface area contributed by atoms with Gasteiger partial charge < -0.3 is 41.4 Å². The molecular weight excluding hydrogens is 588 g/mol. The van der Waals surface area contributed by atoms with Crippen LogP contribution < -0.4 is 16.2 Å². The summed E-state index contributed by atoms with van der Waals surface area (Å²) in [5.74, 6) is -9.96. The Morgan fingerprint density at radius 2 is 1.36 bits per heavy atom. The highest BCUT2D eigenvalue weighted by Gasteiger charge is 2.35. The standard InChI is InChI=1S/C27H28N4O13/c28-26(29)30-17-5-3-15(4-6-17)25(41)44-19-7-1-14(2-8-19)13-43-27(42)31(20(24(39)40)11-22(35)36)12-18(32)9-16(23(37)38)10-21(33)34/h1-8,16,20H,9-13H2,(H,33,34)(H,35,36)(H,37,38)(H,39,40)(H4,28,29,30)/t16-,20-/m0/s1. The quantitative estimate of drug-likeness (QED) is 0.0658. The summed E-state index contributed by atoms with van der Waals surface area (Å²) in [5, 5.41) is 36.6. The van der Waals surface area contributed by atoms with E-state index in [0.29, 0.717) is 16.2 Å². The molecule has 17 nitrogen and oxygen atoms in total. The molecule has 0 heterocycles. The van der Waals surface area contributed by atoms with Crippen molar-refractivity contribution in [2.75, 3.05) is 6.54 Å². The average Bonchev–Trinajstić information content (AvgIpc) is 2.93. The van der Waals surface area contributed by atoms with Crippen LogP contribution in [0.4, 0.5) is 10.5 Å². The Bertz CT molecular complexity index is 1430. The molecule has 1 amide bonds. The van der Waals surface area contributed by atoms with Crippen molar-refractivity contribution in [1.82, 2.24) is 4.90 Å². The number of aliphatic carboxylic acids is 4. The number of carboxylic acid groups (broad SMARTS) is 4. The molecule has 44 heavy (non-hydrogen) atoms. The predicted octanol–water partition coefficient (Wildman–Crippen LogP) is 0.812. The normalized spacial score (nSPS) is 11.7. The average molecular weight is 617 g/mol. The van der Waals surface area contributed by atoms with Crippen LogP contribution in [0.25, 0.3) is 0 Å². The molecule has 0 radical (unpaired) electrons. The molecule has 0 aliphatic rings. The van der Waals surface area contributed by atoms with E-state index in [4.69, 9.17) is 31.2 Å². The van der Waals surface area contributed by atoms with Gasteiger partial charge in [-0.25, -0.2) is 19.4 Å². The Morgan fingerprint density at radius 1 is 0.773 bits per heavy atom. The Hall–Kier alpha value is -6.00. The smallest absolute Gasteiger partial charge is 0.411 e. The van der Waals surface area contributed by atoms with Crippen molar-refractivity contribution in [1.29, 1.82) is 0 Å². The number of nitrogens with zero attached hydrogens (tertiary/aromatic N) is 2. The lowest BCUT2D eigenvalue weighted by molar-refractivity contribution is -0.151. The molecule has 0 saturated heterocycles. The number of rotatable bonds is 16. The second-order valence-electron chi connectivity index (χ2n) is 9.13. The van der Waals surface area contributed by atoms with E-state index < -0.39 is 86.1 Å². The number of carboxylic acids is 4. The Kier molecular flexibility index (Phi) is 12.3. The van der Waals surface area contributed by atoms with Gasteiger partial charge in [-0.2, -0.15) is 0 Å². The third-order valence-electron chi connectivity index (χ3n) is 5.71. The molecule has 0 aliphatic carbocycles. The number of hydrogen-bond acceptors (Lipinski definition) is 10. The molecule has 2 rings (SSSR count). The number of hydrogen-bond donors (Lipinski definition) is 6. The molecular formula is C27H28N4O13. The molecule has 0 bridgehead atoms. The maximum atomic E-state index is 12.8. The third kappa shape index (κ3) is 11.1. The number of amides is 1. The van der Waals surface area contributed by atoms with E-state index >= 15 is 0 Å². The molecule has 0 aliphatic heterocycles. The molecule has 2 atom stereocenters. The summed E-state index contributed by atoms with van der Waals surface area (Å²) in [4.78, 5) is 87.1. The predicted molar refractivity (Wildman–Crippen MR) is 147 cm³/mol. The van der Waals surface area contributed by atoms with Crippen LogP contribution in [-0.4, -0.2) is 85.6 Å². The molecule has 2 aromatic rings. The number of aliphatic imine (C=N–C) groups is 1. The Labute approximate surface area is 248 Å². The van der Waals surface area contributed by atoms with E-state index in [1.807, 2.05) is 0 Å². The van der Waals surface area contributed by atoms with Crippen molar-refractivity contribution < 1.29 is 63.5 Å². The highest BCUT2D eigenvalue weighted by atomic mass is 16.6. The van der Waals surface area contributed by atoms with Gasteiger partial charge in [-0.15, -0.1) is 0 Å². The fourth-order valence-electron chi connectivity index (χ4n) is 3.65. The monoisotopic (exact) mass is 616 g/mol. The first-order chi connectivity index (χ1) is 20.7. The minimum absolute atomic E-state index is 0.118. The lowest BCUT2D eigenvalue weighted by Crippen LogP contribution is -2.49. The number of carbonyl (C=O) groups excluding carboxylic acids is 3. The molecule has 2 aromatic carbocycles. The maximum absolute atomic E-state index is 12.8. The van der Waals surface area contributed by atoms with E-state index in [9.17, 15) is 43.8 Å². The zero-order valence-electron chi connectivity index (χ0n) is 22.8. The zero-order valence-corrected chi connectivity index (χ0v) is 22.8. The van der Waals surface area contributed by atoms with Gasteiger partial charge in [0.25, 0.3) is 0 Å². The van der Waals surface area contributed by atoms with Crippen LogP contribution in [0.5, 0.6) is 5.75 Å². The first-order valence-electron chi connectivity index (χ1n) is 12.5. The largest absolute Gasteiger partial charge is 0.481 e. The number of nitrogens with two attached hydrogens (primary N) is 2. The molecule has 0 spiro atoms. The van der Waals surface area contributed by atoms with Crippen molar-refractivity contribution in [3.05, 3.63) is 59.7 Å². The second-order valence-corrected chi connectivity index (χ2v) is 9.13. The van der Waals surface area contributed by atoms with Gasteiger partial charge in [0.1, 0.15) is 18.4 Å². The van der Waals surface area contributed by atoms with Gasteiger partial charge in [0.05, 0.1) is 36.6 Å². The number of ether oxygens (including phenoxy) is 2. The van der Waals surface area contributed by atoms with E-state index in [0.717, 1.165) is 0 Å². The summed E-state index contributed by atoms with van der Waals surface area (Å²) in [6.45, 7) is -1.55. The number of benzene rings is 2. The maximum Gasteiger partial charge on any atom is 0.411 e. The van der Waals surface area contributed by atoms with Crippen LogP contribution in [0.15, 0.2) is 53.5 Å². The van der Waals surface area contributed by atoms with Gasteiger partial charge >= 0.3 is 35.9 Å².